The fraction of sp³-hybridized carbons (Fsp3) is 0.385. The van der Waals surface area contributed by atoms with E-state index in [0.717, 1.165) is 24.1 Å². The van der Waals surface area contributed by atoms with Crippen molar-refractivity contribution in [2.24, 2.45) is 0 Å². The summed E-state index contributed by atoms with van der Waals surface area (Å²) in [6, 6.07) is 4.49. The van der Waals surface area contributed by atoms with E-state index in [0.29, 0.717) is 11.8 Å². The number of rotatable bonds is 0. The normalized spacial score (nSPS) is 27.0. The van der Waals surface area contributed by atoms with E-state index in [1.54, 1.807) is 12.4 Å². The van der Waals surface area contributed by atoms with Gasteiger partial charge in [0.1, 0.15) is 0 Å². The molecule has 1 aromatic carbocycles. The zero-order chi connectivity index (χ0) is 10.5. The summed E-state index contributed by atoms with van der Waals surface area (Å²) >= 11 is 0. The van der Waals surface area contributed by atoms with Crippen LogP contribution in [-0.4, -0.2) is 23.1 Å². The lowest BCUT2D eigenvalue weighted by atomic mass is 10.00. The van der Waals surface area contributed by atoms with Crippen molar-refractivity contribution < 1.29 is 0 Å². The zero-order valence-corrected chi connectivity index (χ0v) is 8.98. The minimum Gasteiger partial charge on any atom is -0.316 e. The second kappa shape index (κ2) is 3.01. The molecular formula is C13H13N3. The first-order valence-corrected chi connectivity index (χ1v) is 5.87. The van der Waals surface area contributed by atoms with E-state index in [1.165, 1.54) is 17.5 Å². The molecule has 1 aromatic heterocycles. The van der Waals surface area contributed by atoms with Crippen molar-refractivity contribution in [3.05, 3.63) is 35.7 Å². The van der Waals surface area contributed by atoms with Gasteiger partial charge in [-0.05, 0) is 41.5 Å². The molecule has 1 N–H and O–H groups in total. The van der Waals surface area contributed by atoms with Gasteiger partial charge in [0.2, 0.25) is 0 Å². The Morgan fingerprint density at radius 1 is 0.938 bits per heavy atom. The molecule has 2 aliphatic rings. The Kier molecular flexibility index (Phi) is 1.63. The summed E-state index contributed by atoms with van der Waals surface area (Å²) < 4.78 is 0. The molecule has 2 unspecified atom stereocenters. The summed E-state index contributed by atoms with van der Waals surface area (Å²) in [5, 5.41) is 3.51. The van der Waals surface area contributed by atoms with Crippen LogP contribution >= 0.6 is 0 Å². The smallest absolute Gasteiger partial charge is 0.0889 e. The van der Waals surface area contributed by atoms with E-state index >= 15 is 0 Å². The average Bonchev–Trinajstić information content (AvgIpc) is 2.59. The predicted molar refractivity (Wildman–Crippen MR) is 62.5 cm³/mol. The minimum atomic E-state index is 0.695. The van der Waals surface area contributed by atoms with Crippen molar-refractivity contribution in [1.82, 2.24) is 15.3 Å². The SMILES string of the molecule is c1c[15n]c2cc3c(cc2[15n]1)C1C[15NH]CC3C1. The van der Waals surface area contributed by atoms with Crippen LogP contribution in [0.15, 0.2) is 24.5 Å². The van der Waals surface area contributed by atoms with E-state index in [9.17, 15) is 0 Å². The molecule has 2 heterocycles. The van der Waals surface area contributed by atoms with Gasteiger partial charge < -0.3 is 5.32 Å². The highest BCUT2D eigenvalue weighted by Crippen LogP contribution is 2.44. The number of aromatic nitrogens is 2. The Bertz CT molecular complexity index is 516. The van der Waals surface area contributed by atoms with Gasteiger partial charge in [-0.1, -0.05) is 0 Å². The highest BCUT2D eigenvalue weighted by atomic mass is 15.6. The molecule has 0 radical (unpaired) electrons. The van der Waals surface area contributed by atoms with Crippen LogP contribution in [0.4, 0.5) is 0 Å². The first-order valence-electron chi connectivity index (χ1n) is 5.87. The van der Waals surface area contributed by atoms with Gasteiger partial charge in [0.15, 0.2) is 0 Å². The summed E-state index contributed by atoms with van der Waals surface area (Å²) in [7, 11) is 0. The molecule has 2 aromatic rings. The van der Waals surface area contributed by atoms with E-state index in [-0.39, 0.29) is 0 Å². The largest absolute Gasteiger partial charge is 0.316 e. The Morgan fingerprint density at radius 2 is 1.50 bits per heavy atom. The number of hydrogen-bond donors (Lipinski definition) is 1. The second-order valence-electron chi connectivity index (χ2n) is 4.81. The van der Waals surface area contributed by atoms with Crippen LogP contribution in [0.25, 0.3) is 11.0 Å². The zero-order valence-electron chi connectivity index (χ0n) is 8.98. The van der Waals surface area contributed by atoms with Crippen LogP contribution < -0.4 is 5.32 Å². The maximum atomic E-state index is 4.39. The number of nitrogens with zero attached hydrogens (tertiary/aromatic N) is 2. The van der Waals surface area contributed by atoms with Crippen LogP contribution in [-0.2, 0) is 0 Å². The van der Waals surface area contributed by atoms with Gasteiger partial charge >= 0.3 is 0 Å². The third-order valence-electron chi connectivity index (χ3n) is 3.90. The number of fused-ring (bicyclic) bond motifs is 6. The van der Waals surface area contributed by atoms with E-state index in [2.05, 4.69) is 27.4 Å². The molecular weight excluding hydrogens is 201 g/mol. The van der Waals surface area contributed by atoms with E-state index < -0.39 is 0 Å². The summed E-state index contributed by atoms with van der Waals surface area (Å²) in [5.41, 5.74) is 5.08. The number of nitrogens with one attached hydrogen (secondary N) is 1. The lowest BCUT2D eigenvalue weighted by molar-refractivity contribution is 0.454. The van der Waals surface area contributed by atoms with Crippen molar-refractivity contribution in [3.8, 4) is 0 Å². The minimum absolute atomic E-state index is 0.695. The van der Waals surface area contributed by atoms with Crippen LogP contribution in [0.2, 0.25) is 0 Å². The summed E-state index contributed by atoms with van der Waals surface area (Å²) in [6.07, 6.45) is 4.85. The van der Waals surface area contributed by atoms with Gasteiger partial charge in [-0.2, -0.15) is 0 Å². The maximum absolute atomic E-state index is 4.39. The molecule has 0 saturated carbocycles. The highest BCUT2D eigenvalue weighted by molar-refractivity contribution is 5.77. The topological polar surface area (TPSA) is 37.8 Å². The van der Waals surface area contributed by atoms with Gasteiger partial charge in [0, 0.05) is 25.5 Å². The molecule has 1 fully saturated rings. The first-order chi connectivity index (χ1) is 7.92. The van der Waals surface area contributed by atoms with Crippen LogP contribution in [0, 0.1) is 0 Å². The molecule has 1 saturated heterocycles. The van der Waals surface area contributed by atoms with Crippen molar-refractivity contribution in [2.45, 2.75) is 18.3 Å². The first kappa shape index (κ1) is 8.65. The fourth-order valence-corrected chi connectivity index (χ4v) is 3.17. The molecule has 1 aliphatic heterocycles. The second-order valence-corrected chi connectivity index (χ2v) is 4.81. The third kappa shape index (κ3) is 1.06. The van der Waals surface area contributed by atoms with Gasteiger partial charge in [-0.25, -0.2) is 0 Å². The lowest BCUT2D eigenvalue weighted by Gasteiger charge is -2.19. The van der Waals surface area contributed by atoms with Crippen LogP contribution in [0.3, 0.4) is 0 Å². The fourth-order valence-electron chi connectivity index (χ4n) is 3.17. The molecule has 2 atom stereocenters. The molecule has 3 heteroatoms. The van der Waals surface area contributed by atoms with Crippen LogP contribution in [0.5, 0.6) is 0 Å². The van der Waals surface area contributed by atoms with Crippen molar-refractivity contribution in [3.63, 3.8) is 0 Å². The number of hydrogen-bond acceptors (Lipinski definition) is 3. The van der Waals surface area contributed by atoms with Gasteiger partial charge in [-0.3, -0.25) is 9.97 Å². The van der Waals surface area contributed by atoms with Gasteiger partial charge in [-0.15, -0.1) is 0 Å². The Morgan fingerprint density at radius 3 is 2.06 bits per heavy atom. The Balaban J connectivity index is 2.01. The Labute approximate surface area is 93.9 Å². The van der Waals surface area contributed by atoms with Crippen molar-refractivity contribution >= 4 is 11.0 Å². The molecule has 0 spiro atoms. The van der Waals surface area contributed by atoms with Gasteiger partial charge in [0.05, 0.1) is 11.0 Å². The average molecular weight is 214 g/mol. The Hall–Kier alpha value is -1.48. The number of benzene rings is 1. The molecule has 16 heavy (non-hydrogen) atoms. The maximum Gasteiger partial charge on any atom is 0.0889 e. The summed E-state index contributed by atoms with van der Waals surface area (Å²) in [5.74, 6) is 1.39. The molecule has 3 nitrogen and oxygen atoms in total. The predicted octanol–water partition coefficient (Wildman–Crippen LogP) is 1.80. The molecule has 4 rings (SSSR count). The van der Waals surface area contributed by atoms with Crippen molar-refractivity contribution in [2.75, 3.05) is 13.1 Å². The van der Waals surface area contributed by atoms with Crippen LogP contribution in [0.1, 0.15) is 29.4 Å². The molecule has 0 amide bonds. The summed E-state index contributed by atoms with van der Waals surface area (Å²) in [6.45, 7) is 2.24. The van der Waals surface area contributed by atoms with Gasteiger partial charge in [0.25, 0.3) is 0 Å². The van der Waals surface area contributed by atoms with E-state index in [4.69, 9.17) is 0 Å². The van der Waals surface area contributed by atoms with Crippen molar-refractivity contribution in [1.29, 1.82) is 0 Å². The monoisotopic (exact) mass is 214 g/mol. The highest BCUT2D eigenvalue weighted by Gasteiger charge is 2.34. The lowest BCUT2D eigenvalue weighted by Crippen LogP contribution is -2.28. The molecule has 2 bridgehead atoms. The summed E-state index contributed by atoms with van der Waals surface area (Å²) in [4.78, 5) is 8.78. The standard InChI is InChI=1S/C13H13N3/c1-2-16-13-5-11-9-3-8(6-14-7-9)10(11)4-12(13)15-1/h1-2,4-5,8-9,14H,3,6-7H2/i14+1,15+1,16+1. The molecule has 1 aliphatic carbocycles. The van der Waals surface area contributed by atoms with E-state index in [1.807, 2.05) is 0 Å². The number of piperidine rings is 1. The quantitative estimate of drug-likeness (QED) is 0.679. The third-order valence-corrected chi connectivity index (χ3v) is 3.90. The molecule has 80 valence electrons.